The summed E-state index contributed by atoms with van der Waals surface area (Å²) in [6.07, 6.45) is -0.893. The summed E-state index contributed by atoms with van der Waals surface area (Å²) in [6, 6.07) is 11.7. The van der Waals surface area contributed by atoms with E-state index in [9.17, 15) is 18.3 Å². The number of ether oxygens (including phenoxy) is 1. The van der Waals surface area contributed by atoms with Crippen LogP contribution in [0.4, 0.5) is 0 Å². The highest BCUT2D eigenvalue weighted by Crippen LogP contribution is 2.20. The molecule has 8 heteroatoms. The molecule has 0 spiro atoms. The molecule has 0 amide bonds. The van der Waals surface area contributed by atoms with Gasteiger partial charge in [0.25, 0.3) is 0 Å². The molecule has 0 bridgehead atoms. The van der Waals surface area contributed by atoms with Gasteiger partial charge in [0.2, 0.25) is 10.0 Å². The maximum atomic E-state index is 11.6. The molecule has 0 aliphatic rings. The molecule has 0 heterocycles. The summed E-state index contributed by atoms with van der Waals surface area (Å²) in [5.41, 5.74) is 1.51. The predicted octanol–water partition coefficient (Wildman–Crippen LogP) is 1.55. The van der Waals surface area contributed by atoms with Crippen LogP contribution in [0.5, 0.6) is 5.75 Å². The van der Waals surface area contributed by atoms with Crippen LogP contribution >= 0.6 is 0 Å². The molecule has 0 fully saturated rings. The molecule has 146 valence electrons. The highest BCUT2D eigenvalue weighted by molar-refractivity contribution is 7.89. The molecule has 0 saturated carbocycles. The quantitative estimate of drug-likeness (QED) is 0.440. The van der Waals surface area contributed by atoms with Crippen LogP contribution in [0.3, 0.4) is 0 Å². The second-order valence-electron chi connectivity index (χ2n) is 6.19. The minimum Gasteiger partial charge on any atom is -0.492 e. The zero-order valence-electron chi connectivity index (χ0n) is 15.3. The summed E-state index contributed by atoms with van der Waals surface area (Å²) in [5.74, 6) is 0.447. The van der Waals surface area contributed by atoms with Crippen LogP contribution in [0, 0.1) is 6.92 Å². The van der Waals surface area contributed by atoms with Crippen molar-refractivity contribution in [2.45, 2.75) is 24.8 Å². The first-order chi connectivity index (χ1) is 12.7. The predicted molar refractivity (Wildman–Crippen MR) is 102 cm³/mol. The number of para-hydroxylation sites is 1. The average molecular weight is 392 g/mol. The van der Waals surface area contributed by atoms with Gasteiger partial charge in [0.15, 0.2) is 5.78 Å². The highest BCUT2D eigenvalue weighted by Gasteiger charge is 2.15. The first kappa shape index (κ1) is 21.0. The van der Waals surface area contributed by atoms with Gasteiger partial charge < -0.3 is 15.2 Å². The van der Waals surface area contributed by atoms with Gasteiger partial charge in [-0.25, -0.2) is 13.6 Å². The Morgan fingerprint density at radius 3 is 2.63 bits per heavy atom. The largest absolute Gasteiger partial charge is 0.492 e. The molecule has 27 heavy (non-hydrogen) atoms. The van der Waals surface area contributed by atoms with Gasteiger partial charge in [-0.3, -0.25) is 4.79 Å². The molecule has 1 unspecified atom stereocenters. The van der Waals surface area contributed by atoms with E-state index in [0.717, 1.165) is 0 Å². The monoisotopic (exact) mass is 392 g/mol. The van der Waals surface area contributed by atoms with E-state index in [1.165, 1.54) is 13.0 Å². The van der Waals surface area contributed by atoms with Crippen LogP contribution in [-0.4, -0.2) is 39.0 Å². The van der Waals surface area contributed by atoms with Crippen LogP contribution < -0.4 is 15.2 Å². The molecule has 0 radical (unpaired) electrons. The summed E-state index contributed by atoms with van der Waals surface area (Å²) in [6.45, 7) is 4.09. The zero-order valence-corrected chi connectivity index (χ0v) is 16.1. The number of aliphatic hydroxyl groups is 1. The van der Waals surface area contributed by atoms with Crippen molar-refractivity contribution in [1.82, 2.24) is 5.32 Å². The standard InChI is InChI=1S/C19H24N2O5S/c1-13-7-8-15(11-19(13)27(20,24)25)17(23)12-21-9-10-26-18-6-4-3-5-16(18)14(2)22/h3-8,11,17,21,23H,9-10,12H2,1-2H3,(H2,20,24,25). The van der Waals surface area contributed by atoms with Gasteiger partial charge in [0.1, 0.15) is 12.4 Å². The van der Waals surface area contributed by atoms with E-state index in [1.807, 2.05) is 0 Å². The number of ketones is 1. The second kappa shape index (κ2) is 9.09. The van der Waals surface area contributed by atoms with Gasteiger partial charge in [-0.2, -0.15) is 0 Å². The van der Waals surface area contributed by atoms with Crippen molar-refractivity contribution >= 4 is 15.8 Å². The molecule has 1 atom stereocenters. The summed E-state index contributed by atoms with van der Waals surface area (Å²) >= 11 is 0. The second-order valence-corrected chi connectivity index (χ2v) is 7.72. The number of benzene rings is 2. The van der Waals surface area contributed by atoms with Crippen molar-refractivity contribution in [3.05, 3.63) is 59.2 Å². The van der Waals surface area contributed by atoms with Gasteiger partial charge in [0, 0.05) is 13.1 Å². The molecule has 0 aromatic heterocycles. The Bertz CT molecular complexity index is 912. The molecule has 0 aliphatic heterocycles. The van der Waals surface area contributed by atoms with Crippen molar-refractivity contribution in [3.8, 4) is 5.75 Å². The van der Waals surface area contributed by atoms with E-state index in [0.29, 0.717) is 35.6 Å². The molecule has 7 nitrogen and oxygen atoms in total. The van der Waals surface area contributed by atoms with Crippen LogP contribution in [0.25, 0.3) is 0 Å². The van der Waals surface area contributed by atoms with Crippen molar-refractivity contribution < 1.29 is 23.1 Å². The van der Waals surface area contributed by atoms with E-state index in [-0.39, 0.29) is 17.2 Å². The number of aliphatic hydroxyl groups excluding tert-OH is 1. The van der Waals surface area contributed by atoms with E-state index < -0.39 is 16.1 Å². The SMILES string of the molecule is CC(=O)c1ccccc1OCCNCC(O)c1ccc(C)c(S(N)(=O)=O)c1. The summed E-state index contributed by atoms with van der Waals surface area (Å²) in [5, 5.41) is 18.5. The number of hydrogen-bond acceptors (Lipinski definition) is 6. The number of primary sulfonamides is 1. The Kier molecular flexibility index (Phi) is 7.09. The molecule has 0 aliphatic carbocycles. The van der Waals surface area contributed by atoms with E-state index >= 15 is 0 Å². The van der Waals surface area contributed by atoms with Gasteiger partial charge in [0.05, 0.1) is 16.6 Å². The lowest BCUT2D eigenvalue weighted by atomic mass is 10.1. The zero-order chi connectivity index (χ0) is 20.0. The number of Topliss-reactive ketones (excluding diaryl/α,β-unsaturated/α-hetero) is 1. The van der Waals surface area contributed by atoms with Crippen molar-refractivity contribution in [2.75, 3.05) is 19.7 Å². The lowest BCUT2D eigenvalue weighted by Gasteiger charge is -2.15. The molecule has 0 saturated heterocycles. The number of sulfonamides is 1. The fourth-order valence-electron chi connectivity index (χ4n) is 2.60. The molecular formula is C19H24N2O5S. The maximum absolute atomic E-state index is 11.6. The van der Waals surface area contributed by atoms with E-state index in [1.54, 1.807) is 43.3 Å². The lowest BCUT2D eigenvalue weighted by Crippen LogP contribution is -2.26. The van der Waals surface area contributed by atoms with Crippen LogP contribution in [0.15, 0.2) is 47.4 Å². The van der Waals surface area contributed by atoms with E-state index in [4.69, 9.17) is 9.88 Å². The number of nitrogens with two attached hydrogens (primary N) is 1. The van der Waals surface area contributed by atoms with Crippen molar-refractivity contribution in [2.24, 2.45) is 5.14 Å². The number of carbonyl (C=O) groups is 1. The molecule has 2 aromatic carbocycles. The van der Waals surface area contributed by atoms with Gasteiger partial charge in [-0.1, -0.05) is 24.3 Å². The number of rotatable bonds is 9. The maximum Gasteiger partial charge on any atom is 0.238 e. The fourth-order valence-corrected chi connectivity index (χ4v) is 3.42. The minimum absolute atomic E-state index is 0.00298. The molecule has 2 rings (SSSR count). The van der Waals surface area contributed by atoms with Crippen molar-refractivity contribution in [3.63, 3.8) is 0 Å². The normalized spacial score (nSPS) is 12.6. The minimum atomic E-state index is -3.84. The lowest BCUT2D eigenvalue weighted by molar-refractivity contribution is 0.101. The smallest absolute Gasteiger partial charge is 0.238 e. The third kappa shape index (κ3) is 5.86. The summed E-state index contributed by atoms with van der Waals surface area (Å²) in [7, 11) is -3.84. The molecule has 4 N–H and O–H groups in total. The summed E-state index contributed by atoms with van der Waals surface area (Å²) < 4.78 is 28.8. The topological polar surface area (TPSA) is 119 Å². The van der Waals surface area contributed by atoms with Gasteiger partial charge in [-0.15, -0.1) is 0 Å². The first-order valence-corrected chi connectivity index (χ1v) is 9.99. The summed E-state index contributed by atoms with van der Waals surface area (Å²) in [4.78, 5) is 11.5. The van der Waals surface area contributed by atoms with Crippen LogP contribution in [-0.2, 0) is 10.0 Å². The number of nitrogens with one attached hydrogen (secondary N) is 1. The molecule has 2 aromatic rings. The van der Waals surface area contributed by atoms with Crippen LogP contribution in [0.1, 0.15) is 34.5 Å². The fraction of sp³-hybridized carbons (Fsp3) is 0.316. The van der Waals surface area contributed by atoms with Crippen molar-refractivity contribution in [1.29, 1.82) is 0 Å². The van der Waals surface area contributed by atoms with Crippen LogP contribution in [0.2, 0.25) is 0 Å². The third-order valence-electron chi connectivity index (χ3n) is 4.04. The average Bonchev–Trinajstić information content (AvgIpc) is 2.60. The third-order valence-corrected chi connectivity index (χ3v) is 5.10. The Labute approximate surface area is 159 Å². The van der Waals surface area contributed by atoms with Gasteiger partial charge >= 0.3 is 0 Å². The Morgan fingerprint density at radius 1 is 1.26 bits per heavy atom. The van der Waals surface area contributed by atoms with E-state index in [2.05, 4.69) is 5.32 Å². The first-order valence-electron chi connectivity index (χ1n) is 8.45. The number of carbonyl (C=O) groups excluding carboxylic acids is 1. The number of aryl methyl sites for hydroxylation is 1. The Hall–Kier alpha value is -2.26. The Balaban J connectivity index is 1.87. The van der Waals surface area contributed by atoms with Gasteiger partial charge in [-0.05, 0) is 43.2 Å². The number of hydrogen-bond donors (Lipinski definition) is 3. The Morgan fingerprint density at radius 2 is 1.96 bits per heavy atom. The highest BCUT2D eigenvalue weighted by atomic mass is 32.2. The molecular weight excluding hydrogens is 368 g/mol.